The largest absolute Gasteiger partial charge is 0.497 e. The van der Waals surface area contributed by atoms with Gasteiger partial charge in [0.05, 0.1) is 24.7 Å². The van der Waals surface area contributed by atoms with E-state index in [1.54, 1.807) is 14.2 Å². The molecule has 2 aromatic heterocycles. The smallest absolute Gasteiger partial charge is 0.309 e. The van der Waals surface area contributed by atoms with Crippen LogP contribution in [0.4, 0.5) is 0 Å². The zero-order valence-electron chi connectivity index (χ0n) is 20.4. The van der Waals surface area contributed by atoms with E-state index in [9.17, 15) is 9.90 Å². The molecule has 4 rings (SSSR count). The summed E-state index contributed by atoms with van der Waals surface area (Å²) in [5.41, 5.74) is 1.74. The van der Waals surface area contributed by atoms with Gasteiger partial charge < -0.3 is 19.0 Å². The molecule has 1 N–H and O–H groups in total. The van der Waals surface area contributed by atoms with Crippen molar-refractivity contribution >= 4 is 11.3 Å². The molecule has 1 aliphatic rings. The van der Waals surface area contributed by atoms with Crippen LogP contribution < -0.4 is 9.61 Å². The second-order valence-electron chi connectivity index (χ2n) is 9.39. The van der Waals surface area contributed by atoms with E-state index >= 15 is 0 Å². The molecule has 2 heterocycles. The topological polar surface area (TPSA) is 86.7 Å². The van der Waals surface area contributed by atoms with Crippen molar-refractivity contribution in [3.8, 4) is 23.1 Å². The van der Waals surface area contributed by atoms with Crippen LogP contribution in [0.1, 0.15) is 68.2 Å². The highest BCUT2D eigenvalue weighted by atomic mass is 32.1. The first kappa shape index (κ1) is 24.5. The first-order valence-corrected chi connectivity index (χ1v) is 12.8. The minimum atomic E-state index is -0.112. The number of hydrogen-bond donors (Lipinski definition) is 1. The summed E-state index contributed by atoms with van der Waals surface area (Å²) in [7, 11) is 3.26. The van der Waals surface area contributed by atoms with E-state index in [0.29, 0.717) is 18.4 Å². The van der Waals surface area contributed by atoms with Gasteiger partial charge in [0.25, 0.3) is 0 Å². The van der Waals surface area contributed by atoms with Crippen molar-refractivity contribution in [2.45, 2.75) is 71.0 Å². The maximum Gasteiger partial charge on any atom is 0.309 e. The number of hydrogen-bond acceptors (Lipinski definition) is 7. The molecule has 1 fully saturated rings. The van der Waals surface area contributed by atoms with Crippen LogP contribution in [0.2, 0.25) is 0 Å². The number of nitrogens with zero attached hydrogens (tertiary/aromatic N) is 2. The maximum atomic E-state index is 11.8. The van der Waals surface area contributed by atoms with Gasteiger partial charge in [-0.1, -0.05) is 44.1 Å². The van der Waals surface area contributed by atoms with E-state index < -0.39 is 0 Å². The van der Waals surface area contributed by atoms with E-state index in [1.807, 2.05) is 24.3 Å². The molecule has 0 amide bonds. The second-order valence-corrected chi connectivity index (χ2v) is 10.4. The lowest BCUT2D eigenvalue weighted by Crippen LogP contribution is -2.23. The number of aromatic nitrogens is 2. The van der Waals surface area contributed by atoms with Crippen molar-refractivity contribution in [2.75, 3.05) is 7.11 Å². The van der Waals surface area contributed by atoms with Crippen LogP contribution in [0.25, 0.3) is 11.5 Å². The molecule has 1 saturated carbocycles. The molecule has 2 unspecified atom stereocenters. The summed E-state index contributed by atoms with van der Waals surface area (Å²) in [6, 6.07) is 7.72. The number of benzene rings is 1. The minimum Gasteiger partial charge on any atom is -0.497 e. The minimum absolute atomic E-state index is 0.109. The summed E-state index contributed by atoms with van der Waals surface area (Å²) >= 11 is 1.14. The molecule has 1 aromatic carbocycles. The fourth-order valence-corrected chi connectivity index (χ4v) is 5.52. The molecule has 0 bridgehead atoms. The van der Waals surface area contributed by atoms with E-state index in [2.05, 4.69) is 13.8 Å². The molecule has 2 atom stereocenters. The van der Waals surface area contributed by atoms with Crippen molar-refractivity contribution in [1.29, 1.82) is 0 Å². The van der Waals surface area contributed by atoms with Crippen LogP contribution in [-0.4, -0.2) is 27.9 Å². The van der Waals surface area contributed by atoms with Gasteiger partial charge in [0.1, 0.15) is 17.2 Å². The van der Waals surface area contributed by atoms with Crippen LogP contribution >= 0.6 is 11.3 Å². The molecule has 0 aliphatic heterocycles. The predicted molar refractivity (Wildman–Crippen MR) is 133 cm³/mol. The standard InChI is InChI=1S/C26H34N2O5S/c1-16(2)23-21(27-24(33-23)18-8-6-9-19(14-18)31-4)15-32-20-10-5-7-17(13-20)11-12-22-25(29)28(3)26(30)34-22/h6,8-9,14,16-17,20,29H,5,7,10-13,15H2,1-4H3. The number of ether oxygens (including phenoxy) is 2. The van der Waals surface area contributed by atoms with E-state index in [4.69, 9.17) is 18.9 Å². The molecule has 0 spiro atoms. The summed E-state index contributed by atoms with van der Waals surface area (Å²) < 4.78 is 19.1. The number of rotatable bonds is 9. The molecular formula is C26H34N2O5S. The number of aromatic hydroxyl groups is 1. The van der Waals surface area contributed by atoms with E-state index in [1.165, 1.54) is 4.57 Å². The molecule has 7 nitrogen and oxygen atoms in total. The number of aryl methyl sites for hydroxylation is 1. The maximum absolute atomic E-state index is 11.8. The van der Waals surface area contributed by atoms with Crippen molar-refractivity contribution < 1.29 is 19.0 Å². The van der Waals surface area contributed by atoms with Crippen LogP contribution in [0.3, 0.4) is 0 Å². The zero-order valence-corrected chi connectivity index (χ0v) is 21.2. The third-order valence-corrected chi connectivity index (χ3v) is 7.67. The summed E-state index contributed by atoms with van der Waals surface area (Å²) in [4.78, 5) is 17.2. The Morgan fingerprint density at radius 2 is 2.15 bits per heavy atom. The molecule has 184 valence electrons. The van der Waals surface area contributed by atoms with E-state index in [-0.39, 0.29) is 22.8 Å². The fourth-order valence-electron chi connectivity index (χ4n) is 4.64. The number of thiazole rings is 1. The Morgan fingerprint density at radius 1 is 1.32 bits per heavy atom. The first-order valence-electron chi connectivity index (χ1n) is 12.0. The average molecular weight is 487 g/mol. The molecule has 3 aromatic rings. The molecule has 1 aliphatic carbocycles. The lowest BCUT2D eigenvalue weighted by Gasteiger charge is -2.29. The highest BCUT2D eigenvalue weighted by molar-refractivity contribution is 7.09. The second kappa shape index (κ2) is 10.8. The van der Waals surface area contributed by atoms with Crippen molar-refractivity contribution in [3.05, 3.63) is 50.3 Å². The summed E-state index contributed by atoms with van der Waals surface area (Å²) in [6.45, 7) is 4.63. The number of methoxy groups -OCH3 is 1. The Morgan fingerprint density at radius 3 is 2.85 bits per heavy atom. The Labute approximate surface area is 204 Å². The Kier molecular flexibility index (Phi) is 7.78. The molecule has 0 radical (unpaired) electrons. The van der Waals surface area contributed by atoms with Gasteiger partial charge in [-0.05, 0) is 49.8 Å². The van der Waals surface area contributed by atoms with Crippen molar-refractivity contribution in [2.24, 2.45) is 13.0 Å². The first-order chi connectivity index (χ1) is 16.4. The van der Waals surface area contributed by atoms with Gasteiger partial charge >= 0.3 is 4.87 Å². The van der Waals surface area contributed by atoms with Crippen molar-refractivity contribution in [3.63, 3.8) is 0 Å². The molecule has 34 heavy (non-hydrogen) atoms. The highest BCUT2D eigenvalue weighted by Gasteiger charge is 2.25. The SMILES string of the molecule is COc1cccc(-c2nc(COC3CCCC(CCc4sc(=O)n(C)c4O)C3)c(C(C)C)o2)c1. The third-order valence-electron chi connectivity index (χ3n) is 6.59. The summed E-state index contributed by atoms with van der Waals surface area (Å²) in [5.74, 6) is 3.05. The van der Waals surface area contributed by atoms with E-state index in [0.717, 1.165) is 77.5 Å². The predicted octanol–water partition coefficient (Wildman–Crippen LogP) is 5.65. The zero-order chi connectivity index (χ0) is 24.2. The van der Waals surface area contributed by atoms with Gasteiger partial charge in [-0.25, -0.2) is 4.98 Å². The Bertz CT molecular complexity index is 1160. The quantitative estimate of drug-likeness (QED) is 0.421. The normalized spacial score (nSPS) is 18.5. The third kappa shape index (κ3) is 5.55. The molecule has 0 saturated heterocycles. The van der Waals surface area contributed by atoms with Gasteiger partial charge in [-0.3, -0.25) is 9.36 Å². The van der Waals surface area contributed by atoms with Crippen LogP contribution in [0.15, 0.2) is 33.5 Å². The lowest BCUT2D eigenvalue weighted by atomic mass is 9.84. The average Bonchev–Trinajstić information content (AvgIpc) is 3.39. The Hall–Kier alpha value is -2.58. The molecule has 8 heteroatoms. The monoisotopic (exact) mass is 486 g/mol. The Balaban J connectivity index is 1.38. The van der Waals surface area contributed by atoms with Gasteiger partial charge in [0.15, 0.2) is 0 Å². The van der Waals surface area contributed by atoms with Crippen LogP contribution in [0, 0.1) is 5.92 Å². The van der Waals surface area contributed by atoms with Gasteiger partial charge in [-0.2, -0.15) is 0 Å². The van der Waals surface area contributed by atoms with Crippen LogP contribution in [0.5, 0.6) is 11.6 Å². The van der Waals surface area contributed by atoms with Crippen molar-refractivity contribution in [1.82, 2.24) is 9.55 Å². The molecular weight excluding hydrogens is 452 g/mol. The summed E-state index contributed by atoms with van der Waals surface area (Å²) in [5, 5.41) is 10.1. The highest BCUT2D eigenvalue weighted by Crippen LogP contribution is 2.33. The fraction of sp³-hybridized carbons (Fsp3) is 0.538. The van der Waals surface area contributed by atoms with Crippen LogP contribution in [-0.2, 0) is 24.8 Å². The lowest BCUT2D eigenvalue weighted by molar-refractivity contribution is -0.000707. The van der Waals surface area contributed by atoms with Gasteiger partial charge in [0.2, 0.25) is 11.8 Å². The van der Waals surface area contributed by atoms with Gasteiger partial charge in [0, 0.05) is 18.5 Å². The van der Waals surface area contributed by atoms with Gasteiger partial charge in [-0.15, -0.1) is 0 Å². The number of oxazole rings is 1. The summed E-state index contributed by atoms with van der Waals surface area (Å²) in [6.07, 6.45) is 6.17.